The van der Waals surface area contributed by atoms with Crippen LogP contribution in [0.25, 0.3) is 11.5 Å². The Hall–Kier alpha value is -2.42. The number of amides is 3. The Morgan fingerprint density at radius 1 is 1.21 bits per heavy atom. The highest BCUT2D eigenvalue weighted by Crippen LogP contribution is 2.23. The van der Waals surface area contributed by atoms with Gasteiger partial charge in [-0.05, 0) is 45.0 Å². The number of carbonyl (C=O) groups excluding carboxylic acids is 2. The van der Waals surface area contributed by atoms with Crippen LogP contribution in [0.4, 0.5) is 9.18 Å². The Labute approximate surface area is 142 Å². The molecule has 3 amide bonds. The predicted molar refractivity (Wildman–Crippen MR) is 86.8 cm³/mol. The number of halogens is 1. The second-order valence-corrected chi connectivity index (χ2v) is 6.85. The van der Waals surface area contributed by atoms with E-state index in [1.54, 1.807) is 20.8 Å². The zero-order valence-corrected chi connectivity index (χ0v) is 14.2. The molecule has 0 atom stereocenters. The van der Waals surface area contributed by atoms with Crippen LogP contribution >= 0.6 is 11.8 Å². The number of nitrogens with zero attached hydrogens (tertiary/aromatic N) is 2. The number of thioether (sulfide) groups is 1. The third-order valence-corrected chi connectivity index (χ3v) is 3.38. The van der Waals surface area contributed by atoms with E-state index in [1.165, 1.54) is 24.3 Å². The minimum Gasteiger partial charge on any atom is -0.411 e. The van der Waals surface area contributed by atoms with Gasteiger partial charge in [0.25, 0.3) is 5.22 Å². The molecule has 0 radical (unpaired) electrons. The van der Waals surface area contributed by atoms with E-state index in [1.807, 2.05) is 0 Å². The Morgan fingerprint density at radius 3 is 2.50 bits per heavy atom. The van der Waals surface area contributed by atoms with Crippen LogP contribution in [0, 0.1) is 5.82 Å². The van der Waals surface area contributed by atoms with Crippen molar-refractivity contribution in [1.82, 2.24) is 20.8 Å². The molecule has 0 fully saturated rings. The van der Waals surface area contributed by atoms with Gasteiger partial charge in [0.05, 0.1) is 5.75 Å². The standard InChI is InChI=1S/C15H17FN4O3S/c1-15(2,3)18-13(22)17-11(21)8-24-14-20-19-12(23-14)9-4-6-10(16)7-5-9/h4-7H,8H2,1-3H3,(H2,17,18,21,22). The molecule has 0 spiro atoms. The lowest BCUT2D eigenvalue weighted by atomic mass is 10.1. The molecule has 0 saturated heterocycles. The Kier molecular flexibility index (Phi) is 5.55. The van der Waals surface area contributed by atoms with Crippen LogP contribution in [0.5, 0.6) is 0 Å². The SMILES string of the molecule is CC(C)(C)NC(=O)NC(=O)CSc1nnc(-c2ccc(F)cc2)o1. The highest BCUT2D eigenvalue weighted by molar-refractivity contribution is 7.99. The fourth-order valence-electron chi connectivity index (χ4n) is 1.64. The molecule has 1 aromatic carbocycles. The second kappa shape index (κ2) is 7.43. The molecule has 7 nitrogen and oxygen atoms in total. The van der Waals surface area contributed by atoms with Crippen LogP contribution in [0.15, 0.2) is 33.9 Å². The van der Waals surface area contributed by atoms with Gasteiger partial charge >= 0.3 is 6.03 Å². The number of urea groups is 1. The van der Waals surface area contributed by atoms with Gasteiger partial charge in [-0.2, -0.15) is 0 Å². The third kappa shape index (κ3) is 5.65. The predicted octanol–water partition coefficient (Wildman–Crippen LogP) is 2.59. The summed E-state index contributed by atoms with van der Waals surface area (Å²) in [7, 11) is 0. The van der Waals surface area contributed by atoms with E-state index in [4.69, 9.17) is 4.42 Å². The lowest BCUT2D eigenvalue weighted by Gasteiger charge is -2.20. The van der Waals surface area contributed by atoms with Crippen LogP contribution in [0.3, 0.4) is 0 Å². The third-order valence-electron chi connectivity index (χ3n) is 2.57. The number of aromatic nitrogens is 2. The van der Waals surface area contributed by atoms with E-state index >= 15 is 0 Å². The number of benzene rings is 1. The van der Waals surface area contributed by atoms with Gasteiger partial charge < -0.3 is 9.73 Å². The Balaban J connectivity index is 1.85. The van der Waals surface area contributed by atoms with Crippen molar-refractivity contribution in [3.05, 3.63) is 30.1 Å². The number of rotatable bonds is 4. The van der Waals surface area contributed by atoms with Crippen molar-refractivity contribution in [3.8, 4) is 11.5 Å². The van der Waals surface area contributed by atoms with Crippen molar-refractivity contribution in [2.45, 2.75) is 31.5 Å². The number of hydrogen-bond acceptors (Lipinski definition) is 6. The number of carbonyl (C=O) groups is 2. The molecule has 1 aromatic heterocycles. The maximum atomic E-state index is 12.9. The number of imide groups is 1. The highest BCUT2D eigenvalue weighted by Gasteiger charge is 2.17. The van der Waals surface area contributed by atoms with Crippen LogP contribution in [0.2, 0.25) is 0 Å². The summed E-state index contributed by atoms with van der Waals surface area (Å²) in [5.41, 5.74) is 0.137. The maximum absolute atomic E-state index is 12.9. The molecule has 2 N–H and O–H groups in total. The minimum absolute atomic E-state index is 0.0530. The summed E-state index contributed by atoms with van der Waals surface area (Å²) >= 11 is 1.00. The van der Waals surface area contributed by atoms with Crippen molar-refractivity contribution >= 4 is 23.7 Å². The zero-order valence-electron chi connectivity index (χ0n) is 13.4. The van der Waals surface area contributed by atoms with E-state index < -0.39 is 17.5 Å². The molecule has 2 aromatic rings. The zero-order chi connectivity index (χ0) is 17.7. The molecule has 0 aliphatic rings. The summed E-state index contributed by atoms with van der Waals surface area (Å²) in [6.45, 7) is 5.42. The lowest BCUT2D eigenvalue weighted by molar-refractivity contribution is -0.117. The summed E-state index contributed by atoms with van der Waals surface area (Å²) < 4.78 is 18.3. The van der Waals surface area contributed by atoms with E-state index in [0.29, 0.717) is 5.56 Å². The fraction of sp³-hybridized carbons (Fsp3) is 0.333. The summed E-state index contributed by atoms with van der Waals surface area (Å²) in [5, 5.41) is 12.6. The Morgan fingerprint density at radius 2 is 1.88 bits per heavy atom. The highest BCUT2D eigenvalue weighted by atomic mass is 32.2. The molecule has 0 saturated carbocycles. The summed E-state index contributed by atoms with van der Waals surface area (Å²) in [6, 6.07) is 5.04. The van der Waals surface area contributed by atoms with E-state index in [0.717, 1.165) is 11.8 Å². The van der Waals surface area contributed by atoms with E-state index in [-0.39, 0.29) is 22.7 Å². The van der Waals surface area contributed by atoms with Crippen molar-refractivity contribution in [3.63, 3.8) is 0 Å². The van der Waals surface area contributed by atoms with Gasteiger partial charge in [-0.1, -0.05) is 11.8 Å². The topological polar surface area (TPSA) is 97.1 Å². The van der Waals surface area contributed by atoms with Crippen LogP contribution in [-0.4, -0.2) is 33.4 Å². The second-order valence-electron chi connectivity index (χ2n) is 5.92. The first kappa shape index (κ1) is 17.9. The quantitative estimate of drug-likeness (QED) is 0.821. The van der Waals surface area contributed by atoms with Crippen molar-refractivity contribution in [1.29, 1.82) is 0 Å². The summed E-state index contributed by atoms with van der Waals surface area (Å²) in [6.07, 6.45) is 0. The number of hydrogen-bond donors (Lipinski definition) is 2. The molecule has 0 aliphatic heterocycles. The van der Waals surface area contributed by atoms with Gasteiger partial charge in [-0.3, -0.25) is 10.1 Å². The van der Waals surface area contributed by atoms with Crippen LogP contribution in [0.1, 0.15) is 20.8 Å². The molecular formula is C15H17FN4O3S. The normalized spacial score (nSPS) is 11.2. The van der Waals surface area contributed by atoms with Gasteiger partial charge in [0.2, 0.25) is 11.8 Å². The average Bonchev–Trinajstić information content (AvgIpc) is 2.92. The molecule has 2 rings (SSSR count). The molecule has 128 valence electrons. The first-order valence-electron chi connectivity index (χ1n) is 7.07. The molecule has 24 heavy (non-hydrogen) atoms. The number of nitrogens with one attached hydrogen (secondary N) is 2. The molecule has 1 heterocycles. The van der Waals surface area contributed by atoms with E-state index in [2.05, 4.69) is 20.8 Å². The first-order valence-corrected chi connectivity index (χ1v) is 8.06. The van der Waals surface area contributed by atoms with Crippen molar-refractivity contribution < 1.29 is 18.4 Å². The van der Waals surface area contributed by atoms with Crippen molar-refractivity contribution in [2.24, 2.45) is 0 Å². The largest absolute Gasteiger partial charge is 0.411 e. The summed E-state index contributed by atoms with van der Waals surface area (Å²) in [4.78, 5) is 23.3. The molecule has 0 unspecified atom stereocenters. The van der Waals surface area contributed by atoms with Gasteiger partial charge in [0, 0.05) is 11.1 Å². The maximum Gasteiger partial charge on any atom is 0.321 e. The lowest BCUT2D eigenvalue weighted by Crippen LogP contribution is -2.48. The fourth-order valence-corrected chi connectivity index (χ4v) is 2.20. The van der Waals surface area contributed by atoms with Gasteiger partial charge in [0.1, 0.15) is 5.82 Å². The van der Waals surface area contributed by atoms with E-state index in [9.17, 15) is 14.0 Å². The van der Waals surface area contributed by atoms with Crippen LogP contribution < -0.4 is 10.6 Å². The van der Waals surface area contributed by atoms with Crippen LogP contribution in [-0.2, 0) is 4.79 Å². The Bertz CT molecular complexity index is 725. The molecular weight excluding hydrogens is 335 g/mol. The van der Waals surface area contributed by atoms with Gasteiger partial charge in [0.15, 0.2) is 0 Å². The molecule has 9 heteroatoms. The van der Waals surface area contributed by atoms with Crippen molar-refractivity contribution in [2.75, 3.05) is 5.75 Å². The monoisotopic (exact) mass is 352 g/mol. The smallest absolute Gasteiger partial charge is 0.321 e. The van der Waals surface area contributed by atoms with Gasteiger partial charge in [-0.25, -0.2) is 9.18 Å². The summed E-state index contributed by atoms with van der Waals surface area (Å²) in [5.74, 6) is -0.674. The average molecular weight is 352 g/mol. The minimum atomic E-state index is -0.564. The molecule has 0 bridgehead atoms. The van der Waals surface area contributed by atoms with Gasteiger partial charge in [-0.15, -0.1) is 10.2 Å². The first-order chi connectivity index (χ1) is 11.2. The molecule has 0 aliphatic carbocycles.